The Morgan fingerprint density at radius 1 is 1.28 bits per heavy atom. The minimum Gasteiger partial charge on any atom is -0.486 e. The zero-order valence-corrected chi connectivity index (χ0v) is 11.5. The molecule has 4 nitrogen and oxygen atoms in total. The molecule has 100 valence electrons. The van der Waals surface area contributed by atoms with E-state index in [2.05, 4.69) is 23.7 Å². The first-order valence-corrected chi connectivity index (χ1v) is 7.45. The molecule has 0 saturated carbocycles. The van der Waals surface area contributed by atoms with Gasteiger partial charge in [-0.1, -0.05) is 0 Å². The van der Waals surface area contributed by atoms with Gasteiger partial charge in [0.15, 0.2) is 11.5 Å². The van der Waals surface area contributed by atoms with E-state index >= 15 is 0 Å². The summed E-state index contributed by atoms with van der Waals surface area (Å²) in [4.78, 5) is 1.24. The van der Waals surface area contributed by atoms with Gasteiger partial charge in [-0.05, 0) is 43.5 Å². The zero-order chi connectivity index (χ0) is 12.8. The van der Waals surface area contributed by atoms with Gasteiger partial charge in [0.1, 0.15) is 13.2 Å². The van der Waals surface area contributed by atoms with E-state index in [0.717, 1.165) is 37.6 Å². The van der Waals surface area contributed by atoms with Crippen molar-refractivity contribution in [3.8, 4) is 11.5 Å². The average molecular weight is 268 g/mol. The van der Waals surface area contributed by atoms with Crippen LogP contribution in [-0.4, -0.2) is 32.6 Å². The fourth-order valence-corrected chi connectivity index (χ4v) is 2.51. The number of rotatable bonds is 6. The van der Waals surface area contributed by atoms with Crippen LogP contribution in [0.1, 0.15) is 12.0 Å². The summed E-state index contributed by atoms with van der Waals surface area (Å²) < 4.78 is 11.2. The number of fused-ring (bicyclic) bond motifs is 1. The maximum Gasteiger partial charge on any atom is 0.162 e. The van der Waals surface area contributed by atoms with Gasteiger partial charge in [0.05, 0.1) is 0 Å². The molecule has 0 aliphatic carbocycles. The fourth-order valence-electron chi connectivity index (χ4n) is 1.89. The van der Waals surface area contributed by atoms with Crippen LogP contribution in [0.4, 0.5) is 0 Å². The van der Waals surface area contributed by atoms with Gasteiger partial charge in [-0.25, -0.2) is 0 Å². The van der Waals surface area contributed by atoms with Crippen molar-refractivity contribution in [1.29, 1.82) is 0 Å². The van der Waals surface area contributed by atoms with E-state index in [1.54, 1.807) is 11.8 Å². The summed E-state index contributed by atoms with van der Waals surface area (Å²) >= 11 is 1.73. The third kappa shape index (κ3) is 3.31. The van der Waals surface area contributed by atoms with Crippen molar-refractivity contribution in [3.63, 3.8) is 0 Å². The smallest absolute Gasteiger partial charge is 0.162 e. The van der Waals surface area contributed by atoms with Crippen LogP contribution < -0.4 is 20.5 Å². The number of ether oxygens (including phenoxy) is 2. The number of nitrogens with one attached hydrogen (secondary N) is 1. The van der Waals surface area contributed by atoms with Gasteiger partial charge >= 0.3 is 0 Å². The molecule has 18 heavy (non-hydrogen) atoms. The number of benzene rings is 1. The molecule has 1 aliphatic heterocycles. The second-order valence-corrected chi connectivity index (χ2v) is 4.97. The van der Waals surface area contributed by atoms with Gasteiger partial charge < -0.3 is 20.5 Å². The molecule has 0 saturated heterocycles. The molecule has 1 aliphatic rings. The predicted octanol–water partition coefficient (Wildman–Crippen LogP) is 1.62. The van der Waals surface area contributed by atoms with Crippen molar-refractivity contribution < 1.29 is 9.47 Å². The van der Waals surface area contributed by atoms with Crippen molar-refractivity contribution in [2.75, 3.05) is 32.6 Å². The van der Waals surface area contributed by atoms with E-state index in [0.29, 0.717) is 13.2 Å². The first-order valence-electron chi connectivity index (χ1n) is 6.22. The summed E-state index contributed by atoms with van der Waals surface area (Å²) in [6.45, 7) is 3.77. The Balaban J connectivity index is 2.07. The maximum absolute atomic E-state index is 5.61. The number of thioether (sulfide) groups is 1. The third-order valence-corrected chi connectivity index (χ3v) is 3.64. The van der Waals surface area contributed by atoms with Crippen LogP contribution >= 0.6 is 11.8 Å². The molecule has 5 heteroatoms. The predicted molar refractivity (Wildman–Crippen MR) is 74.6 cm³/mol. The van der Waals surface area contributed by atoms with Crippen LogP contribution in [0.5, 0.6) is 11.5 Å². The molecule has 0 bridgehead atoms. The molecule has 0 unspecified atom stereocenters. The molecule has 1 aromatic rings. The van der Waals surface area contributed by atoms with E-state index in [9.17, 15) is 0 Å². The Kier molecular flexibility index (Phi) is 5.16. The van der Waals surface area contributed by atoms with Crippen molar-refractivity contribution in [2.45, 2.75) is 17.9 Å². The molecule has 0 aromatic heterocycles. The monoisotopic (exact) mass is 268 g/mol. The molecule has 1 aromatic carbocycles. The minimum absolute atomic E-state index is 0.631. The molecule has 1 heterocycles. The highest BCUT2D eigenvalue weighted by Gasteiger charge is 2.15. The second-order valence-electron chi connectivity index (χ2n) is 4.13. The molecule has 0 radical (unpaired) electrons. The molecule has 0 spiro atoms. The van der Waals surface area contributed by atoms with E-state index in [1.807, 2.05) is 0 Å². The van der Waals surface area contributed by atoms with Gasteiger partial charge in [0, 0.05) is 11.4 Å². The van der Waals surface area contributed by atoms with E-state index < -0.39 is 0 Å². The van der Waals surface area contributed by atoms with Crippen molar-refractivity contribution in [1.82, 2.24) is 5.32 Å². The molecular formula is C13H20N2O2S. The van der Waals surface area contributed by atoms with Gasteiger partial charge in [-0.15, -0.1) is 11.8 Å². The Hall–Kier alpha value is -0.910. The van der Waals surface area contributed by atoms with Crippen molar-refractivity contribution in [2.24, 2.45) is 5.73 Å². The number of hydrogen-bond acceptors (Lipinski definition) is 5. The third-order valence-electron chi connectivity index (χ3n) is 2.82. The Bertz CT molecular complexity index is 399. The van der Waals surface area contributed by atoms with E-state index in [-0.39, 0.29) is 0 Å². The zero-order valence-electron chi connectivity index (χ0n) is 10.7. The first-order chi connectivity index (χ1) is 8.85. The van der Waals surface area contributed by atoms with Crippen molar-refractivity contribution in [3.05, 3.63) is 17.7 Å². The second kappa shape index (κ2) is 6.87. The molecule has 0 fully saturated rings. The maximum atomic E-state index is 5.61. The average Bonchev–Trinajstić information content (AvgIpc) is 2.42. The quantitative estimate of drug-likeness (QED) is 0.606. The lowest BCUT2D eigenvalue weighted by Gasteiger charge is -2.21. The van der Waals surface area contributed by atoms with Gasteiger partial charge in [-0.3, -0.25) is 0 Å². The van der Waals surface area contributed by atoms with Crippen LogP contribution in [0.25, 0.3) is 0 Å². The summed E-state index contributed by atoms with van der Waals surface area (Å²) in [6, 6.07) is 4.15. The molecule has 0 atom stereocenters. The fraction of sp³-hybridized carbons (Fsp3) is 0.538. The van der Waals surface area contributed by atoms with Crippen LogP contribution in [0.3, 0.4) is 0 Å². The largest absolute Gasteiger partial charge is 0.486 e. The molecule has 0 amide bonds. The highest BCUT2D eigenvalue weighted by molar-refractivity contribution is 7.98. The van der Waals surface area contributed by atoms with Crippen molar-refractivity contribution >= 4 is 11.8 Å². The van der Waals surface area contributed by atoms with Crippen LogP contribution in [0, 0.1) is 0 Å². The highest BCUT2D eigenvalue weighted by atomic mass is 32.2. The van der Waals surface area contributed by atoms with Gasteiger partial charge in [-0.2, -0.15) is 0 Å². The molecular weight excluding hydrogens is 248 g/mol. The number of hydrogen-bond donors (Lipinski definition) is 2. The summed E-state index contributed by atoms with van der Waals surface area (Å²) in [5.41, 5.74) is 6.73. The lowest BCUT2D eigenvalue weighted by Crippen LogP contribution is -2.19. The first kappa shape index (κ1) is 13.5. The Labute approximate surface area is 112 Å². The Morgan fingerprint density at radius 3 is 2.67 bits per heavy atom. The molecule has 2 rings (SSSR count). The van der Waals surface area contributed by atoms with Crippen LogP contribution in [0.2, 0.25) is 0 Å². The standard InChI is InChI=1S/C13H20N2O2S/c1-18-13-8-12-11(16-5-6-17-12)7-10(13)9-15-4-2-3-14/h7-8,15H,2-6,9,14H2,1H3. The highest BCUT2D eigenvalue weighted by Crippen LogP contribution is 2.36. The minimum atomic E-state index is 0.631. The van der Waals surface area contributed by atoms with E-state index in [1.165, 1.54) is 10.5 Å². The lowest BCUT2D eigenvalue weighted by atomic mass is 10.2. The van der Waals surface area contributed by atoms with Gasteiger partial charge in [0.2, 0.25) is 0 Å². The summed E-state index contributed by atoms with van der Waals surface area (Å²) in [5, 5.41) is 3.39. The normalized spacial score (nSPS) is 13.7. The summed E-state index contributed by atoms with van der Waals surface area (Å²) in [5.74, 6) is 1.71. The van der Waals surface area contributed by atoms with Gasteiger partial charge in [0.25, 0.3) is 0 Å². The lowest BCUT2D eigenvalue weighted by molar-refractivity contribution is 0.171. The molecule has 3 N–H and O–H groups in total. The SMILES string of the molecule is CSc1cc2c(cc1CNCCCN)OCCO2. The topological polar surface area (TPSA) is 56.5 Å². The summed E-state index contributed by atoms with van der Waals surface area (Å²) in [6.07, 6.45) is 3.08. The van der Waals surface area contributed by atoms with Crippen LogP contribution in [-0.2, 0) is 6.54 Å². The Morgan fingerprint density at radius 2 is 2.00 bits per heavy atom. The summed E-state index contributed by atoms with van der Waals surface area (Å²) in [7, 11) is 0. The number of nitrogens with two attached hydrogens (primary N) is 1. The van der Waals surface area contributed by atoms with E-state index in [4.69, 9.17) is 15.2 Å². The van der Waals surface area contributed by atoms with Crippen LogP contribution in [0.15, 0.2) is 17.0 Å².